The molecule has 6 nitrogen and oxygen atoms in total. The summed E-state index contributed by atoms with van der Waals surface area (Å²) in [5, 5.41) is 0.728. The third kappa shape index (κ3) is 2.34. The number of rotatable bonds is 3. The Bertz CT molecular complexity index is 1290. The standard InChI is InChI=1S/C24H17NO5/c1-13(26)30-19-10-9-14(15-8-5-11-25-21(15)19)18-12-24(29-2)20(18)22(27)16-6-3-4-7-17(16)23(24)28/h3-12,20H,1-2H3. The van der Waals surface area contributed by atoms with Crippen LogP contribution in [-0.2, 0) is 9.53 Å². The predicted octanol–water partition coefficient (Wildman–Crippen LogP) is 3.64. The maximum absolute atomic E-state index is 13.4. The summed E-state index contributed by atoms with van der Waals surface area (Å²) in [5.74, 6) is -1.21. The van der Waals surface area contributed by atoms with Crippen LogP contribution < -0.4 is 4.74 Å². The van der Waals surface area contributed by atoms with Gasteiger partial charge < -0.3 is 9.47 Å². The molecule has 0 aliphatic heterocycles. The van der Waals surface area contributed by atoms with Crippen LogP contribution >= 0.6 is 0 Å². The van der Waals surface area contributed by atoms with Crippen LogP contribution in [0.1, 0.15) is 33.2 Å². The average molecular weight is 399 g/mol. The predicted molar refractivity (Wildman–Crippen MR) is 109 cm³/mol. The lowest BCUT2D eigenvalue weighted by molar-refractivity contribution is -0.131. The van der Waals surface area contributed by atoms with E-state index in [9.17, 15) is 14.4 Å². The van der Waals surface area contributed by atoms with E-state index >= 15 is 0 Å². The van der Waals surface area contributed by atoms with Crippen molar-refractivity contribution < 1.29 is 23.9 Å². The minimum atomic E-state index is -1.30. The Morgan fingerprint density at radius 3 is 2.50 bits per heavy atom. The number of aromatic nitrogens is 1. The maximum Gasteiger partial charge on any atom is 0.308 e. The highest BCUT2D eigenvalue weighted by molar-refractivity contribution is 6.27. The van der Waals surface area contributed by atoms with Crippen molar-refractivity contribution in [3.8, 4) is 5.75 Å². The maximum atomic E-state index is 13.4. The number of fused-ring (bicyclic) bond motifs is 3. The van der Waals surface area contributed by atoms with Gasteiger partial charge in [0.1, 0.15) is 5.52 Å². The Balaban J connectivity index is 1.70. The summed E-state index contributed by atoms with van der Waals surface area (Å²) in [6.07, 6.45) is 3.33. The number of methoxy groups -OCH3 is 1. The van der Waals surface area contributed by atoms with Gasteiger partial charge in [0.25, 0.3) is 0 Å². The van der Waals surface area contributed by atoms with Crippen molar-refractivity contribution in [2.45, 2.75) is 12.5 Å². The Kier molecular flexibility index (Phi) is 3.95. The molecule has 0 saturated carbocycles. The number of ketones is 2. The summed E-state index contributed by atoms with van der Waals surface area (Å²) in [4.78, 5) is 42.4. The first-order valence-electron chi connectivity index (χ1n) is 9.50. The van der Waals surface area contributed by atoms with Crippen molar-refractivity contribution in [2.24, 2.45) is 5.92 Å². The number of carbonyl (C=O) groups is 3. The zero-order valence-electron chi connectivity index (χ0n) is 16.3. The monoisotopic (exact) mass is 399 g/mol. The molecule has 0 fully saturated rings. The molecular formula is C24H17NO5. The lowest BCUT2D eigenvalue weighted by atomic mass is 9.58. The first-order valence-corrected chi connectivity index (χ1v) is 9.50. The van der Waals surface area contributed by atoms with Crippen molar-refractivity contribution in [3.05, 3.63) is 77.5 Å². The zero-order chi connectivity index (χ0) is 21.0. The van der Waals surface area contributed by atoms with Crippen molar-refractivity contribution in [2.75, 3.05) is 7.11 Å². The van der Waals surface area contributed by atoms with Crippen molar-refractivity contribution in [1.82, 2.24) is 4.98 Å². The van der Waals surface area contributed by atoms with Crippen molar-refractivity contribution in [3.63, 3.8) is 0 Å². The van der Waals surface area contributed by atoms with Crippen LogP contribution in [0.2, 0.25) is 0 Å². The number of ether oxygens (including phenoxy) is 2. The largest absolute Gasteiger partial charge is 0.424 e. The lowest BCUT2D eigenvalue weighted by Gasteiger charge is -2.47. The van der Waals surface area contributed by atoms with Gasteiger partial charge in [-0.25, -0.2) is 0 Å². The van der Waals surface area contributed by atoms with E-state index in [4.69, 9.17) is 9.47 Å². The van der Waals surface area contributed by atoms with Crippen LogP contribution in [0.25, 0.3) is 16.5 Å². The molecule has 0 N–H and O–H groups in total. The Morgan fingerprint density at radius 1 is 1.00 bits per heavy atom. The molecule has 6 heteroatoms. The molecule has 2 atom stereocenters. The van der Waals surface area contributed by atoms with E-state index < -0.39 is 17.5 Å². The quantitative estimate of drug-likeness (QED) is 0.494. The first kappa shape index (κ1) is 18.4. The van der Waals surface area contributed by atoms with Crippen LogP contribution in [0.4, 0.5) is 0 Å². The summed E-state index contributed by atoms with van der Waals surface area (Å²) in [7, 11) is 1.45. The van der Waals surface area contributed by atoms with Gasteiger partial charge in [-0.1, -0.05) is 36.4 Å². The van der Waals surface area contributed by atoms with Crippen LogP contribution in [0.15, 0.2) is 60.8 Å². The van der Waals surface area contributed by atoms with E-state index in [-0.39, 0.29) is 11.6 Å². The molecule has 2 aliphatic carbocycles. The van der Waals surface area contributed by atoms with Crippen molar-refractivity contribution in [1.29, 1.82) is 0 Å². The molecule has 1 aromatic heterocycles. The van der Waals surface area contributed by atoms with E-state index in [0.29, 0.717) is 28.0 Å². The van der Waals surface area contributed by atoms with Gasteiger partial charge in [-0.05, 0) is 29.3 Å². The second-order valence-corrected chi connectivity index (χ2v) is 7.37. The third-order valence-corrected chi connectivity index (χ3v) is 5.80. The van der Waals surface area contributed by atoms with Gasteiger partial charge in [-0.3, -0.25) is 19.4 Å². The Morgan fingerprint density at radius 2 is 1.77 bits per heavy atom. The summed E-state index contributed by atoms with van der Waals surface area (Å²) < 4.78 is 10.9. The van der Waals surface area contributed by atoms with Gasteiger partial charge in [0, 0.05) is 36.7 Å². The number of Topliss-reactive ketones (excluding diaryl/α,β-unsaturated/α-hetero) is 2. The molecule has 3 aromatic rings. The molecule has 30 heavy (non-hydrogen) atoms. The number of esters is 1. The molecule has 0 bridgehead atoms. The summed E-state index contributed by atoms with van der Waals surface area (Å²) in [6.45, 7) is 1.33. The lowest BCUT2D eigenvalue weighted by Crippen LogP contribution is -2.58. The molecule has 5 rings (SSSR count). The number of nitrogens with zero attached hydrogens (tertiary/aromatic N) is 1. The molecule has 0 radical (unpaired) electrons. The molecule has 148 valence electrons. The van der Waals surface area contributed by atoms with E-state index in [2.05, 4.69) is 4.98 Å². The van der Waals surface area contributed by atoms with E-state index in [1.165, 1.54) is 14.0 Å². The van der Waals surface area contributed by atoms with Crippen LogP contribution in [-0.4, -0.2) is 35.2 Å². The van der Waals surface area contributed by atoms with Gasteiger partial charge >= 0.3 is 5.97 Å². The van der Waals surface area contributed by atoms with Gasteiger partial charge in [-0.2, -0.15) is 0 Å². The second-order valence-electron chi connectivity index (χ2n) is 7.37. The minimum absolute atomic E-state index is 0.148. The van der Waals surface area contributed by atoms with Crippen molar-refractivity contribution >= 4 is 34.0 Å². The first-order chi connectivity index (χ1) is 14.5. The highest BCUT2D eigenvalue weighted by atomic mass is 16.5. The fourth-order valence-electron chi connectivity index (χ4n) is 4.47. The molecule has 0 amide bonds. The number of hydrogen-bond donors (Lipinski definition) is 0. The van der Waals surface area contributed by atoms with Gasteiger partial charge in [0.2, 0.25) is 0 Å². The highest BCUT2D eigenvalue weighted by Crippen LogP contribution is 2.53. The molecule has 2 unspecified atom stereocenters. The molecule has 1 heterocycles. The third-order valence-electron chi connectivity index (χ3n) is 5.80. The van der Waals surface area contributed by atoms with E-state index in [0.717, 1.165) is 10.9 Å². The minimum Gasteiger partial charge on any atom is -0.424 e. The normalized spacial score (nSPS) is 22.1. The van der Waals surface area contributed by atoms with Gasteiger partial charge in [-0.15, -0.1) is 0 Å². The summed E-state index contributed by atoms with van der Waals surface area (Å²) in [5.41, 5.74) is 1.46. The zero-order valence-corrected chi connectivity index (χ0v) is 16.3. The molecule has 0 saturated heterocycles. The smallest absolute Gasteiger partial charge is 0.308 e. The number of pyridine rings is 1. The van der Waals surface area contributed by atoms with Gasteiger partial charge in [0.15, 0.2) is 22.9 Å². The summed E-state index contributed by atoms with van der Waals surface area (Å²) >= 11 is 0. The van der Waals surface area contributed by atoms with Crippen LogP contribution in [0, 0.1) is 5.92 Å². The fraction of sp³-hybridized carbons (Fsp3) is 0.167. The van der Waals surface area contributed by atoms with E-state index in [1.807, 2.05) is 6.07 Å². The topological polar surface area (TPSA) is 82.6 Å². The molecule has 0 spiro atoms. The SMILES string of the molecule is COC12C=C(c3ccc(OC(C)=O)c4ncccc34)C1C(=O)c1ccccc1C2=O. The molecule has 2 aliphatic rings. The number of hydrogen-bond acceptors (Lipinski definition) is 6. The molecular weight excluding hydrogens is 382 g/mol. The van der Waals surface area contributed by atoms with E-state index in [1.54, 1.807) is 54.7 Å². The Labute approximate surface area is 172 Å². The van der Waals surface area contributed by atoms with Gasteiger partial charge in [0.05, 0.1) is 5.92 Å². The average Bonchev–Trinajstić information content (AvgIpc) is 2.73. The highest BCUT2D eigenvalue weighted by Gasteiger charge is 2.60. The van der Waals surface area contributed by atoms with Crippen LogP contribution in [0.3, 0.4) is 0 Å². The molecule has 2 aromatic carbocycles. The second kappa shape index (κ2) is 6.43. The van der Waals surface area contributed by atoms with Crippen LogP contribution in [0.5, 0.6) is 5.75 Å². The number of benzene rings is 2. The fourth-order valence-corrected chi connectivity index (χ4v) is 4.47. The Hall–Kier alpha value is -3.64. The number of carbonyl (C=O) groups excluding carboxylic acids is 3. The summed E-state index contributed by atoms with van der Waals surface area (Å²) in [6, 6.07) is 13.9.